The van der Waals surface area contributed by atoms with E-state index in [-0.39, 0.29) is 0 Å². The van der Waals surface area contributed by atoms with E-state index < -0.39 is 5.97 Å². The van der Waals surface area contributed by atoms with Crippen LogP contribution in [0.5, 0.6) is 0 Å². The van der Waals surface area contributed by atoms with Crippen LogP contribution in [0.4, 0.5) is 0 Å². The van der Waals surface area contributed by atoms with Crippen molar-refractivity contribution in [2.24, 2.45) is 4.99 Å². The molecule has 0 unspecified atom stereocenters. The number of allylic oxidation sites excluding steroid dienone is 2. The zero-order valence-electron chi connectivity index (χ0n) is 13.1. The lowest BCUT2D eigenvalue weighted by Crippen LogP contribution is -2.05. The summed E-state index contributed by atoms with van der Waals surface area (Å²) < 4.78 is 5.28. The number of aryl methyl sites for hydroxylation is 1. The molecule has 0 N–H and O–H groups in total. The van der Waals surface area contributed by atoms with Gasteiger partial charge in [0.2, 0.25) is 5.90 Å². The molecule has 3 heteroatoms. The minimum Gasteiger partial charge on any atom is -0.402 e. The zero-order chi connectivity index (χ0) is 16.2. The summed E-state index contributed by atoms with van der Waals surface area (Å²) in [6, 6.07) is 17.7. The van der Waals surface area contributed by atoms with Gasteiger partial charge in [0.25, 0.3) is 0 Å². The Hall–Kier alpha value is -2.94. The van der Waals surface area contributed by atoms with E-state index in [9.17, 15) is 4.79 Å². The Labute approximate surface area is 135 Å². The Balaban J connectivity index is 1.88. The number of hydrogen-bond donors (Lipinski definition) is 0. The Kier molecular flexibility index (Phi) is 4.20. The molecule has 1 heterocycles. The van der Waals surface area contributed by atoms with E-state index in [4.69, 9.17) is 4.74 Å². The fraction of sp³-hybridized carbons (Fsp3) is 0.100. The van der Waals surface area contributed by atoms with Crippen LogP contribution in [0.1, 0.15) is 23.6 Å². The third-order valence-corrected chi connectivity index (χ3v) is 3.44. The van der Waals surface area contributed by atoms with Gasteiger partial charge in [-0.15, -0.1) is 0 Å². The van der Waals surface area contributed by atoms with E-state index in [1.165, 1.54) is 0 Å². The number of cyclic esters (lactones) is 1. The number of ether oxygens (including phenoxy) is 1. The monoisotopic (exact) mass is 303 g/mol. The Morgan fingerprint density at radius 1 is 1.09 bits per heavy atom. The van der Waals surface area contributed by atoms with Crippen LogP contribution in [0.3, 0.4) is 0 Å². The van der Waals surface area contributed by atoms with Gasteiger partial charge in [0, 0.05) is 5.56 Å². The van der Waals surface area contributed by atoms with Gasteiger partial charge in [-0.05, 0) is 43.2 Å². The Morgan fingerprint density at radius 3 is 2.61 bits per heavy atom. The third kappa shape index (κ3) is 3.64. The van der Waals surface area contributed by atoms with Crippen molar-refractivity contribution in [3.63, 3.8) is 0 Å². The van der Waals surface area contributed by atoms with Crippen molar-refractivity contribution in [1.29, 1.82) is 0 Å². The van der Waals surface area contributed by atoms with Gasteiger partial charge in [-0.25, -0.2) is 9.79 Å². The van der Waals surface area contributed by atoms with Gasteiger partial charge in [0.05, 0.1) is 0 Å². The van der Waals surface area contributed by atoms with Crippen molar-refractivity contribution in [2.75, 3.05) is 0 Å². The summed E-state index contributed by atoms with van der Waals surface area (Å²) in [4.78, 5) is 16.3. The molecule has 2 aromatic rings. The maximum absolute atomic E-state index is 12.0. The van der Waals surface area contributed by atoms with Crippen molar-refractivity contribution in [2.45, 2.75) is 13.8 Å². The number of carbonyl (C=O) groups excluding carboxylic acids is 1. The predicted octanol–water partition coefficient (Wildman–Crippen LogP) is 4.29. The standard InChI is InChI=1S/C20H17NO2/c1-14-7-6-10-17(12-14)19-21-18(20(22)23-19)13-15(2)11-16-8-4-3-5-9-16/h3-13H,1-2H3. The molecule has 0 bridgehead atoms. The fourth-order valence-electron chi connectivity index (χ4n) is 2.38. The molecule has 0 atom stereocenters. The maximum atomic E-state index is 12.0. The highest BCUT2D eigenvalue weighted by molar-refractivity contribution is 6.11. The van der Waals surface area contributed by atoms with Crippen LogP contribution in [0.15, 0.2) is 76.9 Å². The second-order valence-corrected chi connectivity index (χ2v) is 5.50. The molecule has 3 rings (SSSR count). The molecule has 0 radical (unpaired) electrons. The van der Waals surface area contributed by atoms with Crippen LogP contribution >= 0.6 is 0 Å². The molecule has 0 saturated heterocycles. The van der Waals surface area contributed by atoms with E-state index in [2.05, 4.69) is 4.99 Å². The molecular formula is C20H17NO2. The van der Waals surface area contributed by atoms with Crippen LogP contribution < -0.4 is 0 Å². The third-order valence-electron chi connectivity index (χ3n) is 3.44. The van der Waals surface area contributed by atoms with Gasteiger partial charge in [-0.3, -0.25) is 0 Å². The Bertz CT molecular complexity index is 830. The molecule has 1 aliphatic rings. The topological polar surface area (TPSA) is 38.7 Å². The molecule has 0 aromatic heterocycles. The van der Waals surface area contributed by atoms with Crippen LogP contribution in [-0.2, 0) is 9.53 Å². The lowest BCUT2D eigenvalue weighted by Gasteiger charge is -1.99. The highest BCUT2D eigenvalue weighted by Crippen LogP contribution is 2.19. The van der Waals surface area contributed by atoms with Gasteiger partial charge in [-0.1, -0.05) is 54.1 Å². The van der Waals surface area contributed by atoms with Crippen molar-refractivity contribution < 1.29 is 9.53 Å². The number of nitrogens with zero attached hydrogens (tertiary/aromatic N) is 1. The number of hydrogen-bond acceptors (Lipinski definition) is 3. The minimum absolute atomic E-state index is 0.325. The van der Waals surface area contributed by atoms with Crippen molar-refractivity contribution in [3.8, 4) is 0 Å². The first-order valence-electron chi connectivity index (χ1n) is 7.45. The van der Waals surface area contributed by atoms with Crippen molar-refractivity contribution in [1.82, 2.24) is 0 Å². The molecule has 1 aliphatic heterocycles. The SMILES string of the molecule is CC(=Cc1ccccc1)C=C1N=C(c2cccc(C)c2)OC1=O. The quantitative estimate of drug-likeness (QED) is 0.627. The molecule has 3 nitrogen and oxygen atoms in total. The van der Waals surface area contributed by atoms with Gasteiger partial charge in [-0.2, -0.15) is 0 Å². The average Bonchev–Trinajstić information content (AvgIpc) is 2.89. The minimum atomic E-state index is -0.415. The summed E-state index contributed by atoms with van der Waals surface area (Å²) in [7, 11) is 0. The largest absolute Gasteiger partial charge is 0.402 e. The number of esters is 1. The van der Waals surface area contributed by atoms with Gasteiger partial charge in [0.15, 0.2) is 5.70 Å². The average molecular weight is 303 g/mol. The van der Waals surface area contributed by atoms with Crippen molar-refractivity contribution in [3.05, 3.63) is 88.6 Å². The molecule has 0 spiro atoms. The highest BCUT2D eigenvalue weighted by atomic mass is 16.6. The molecule has 23 heavy (non-hydrogen) atoms. The number of rotatable bonds is 3. The van der Waals surface area contributed by atoms with E-state index in [1.54, 1.807) is 6.08 Å². The first kappa shape index (κ1) is 15.0. The van der Waals surface area contributed by atoms with Crippen LogP contribution in [0.2, 0.25) is 0 Å². The molecule has 2 aromatic carbocycles. The number of aliphatic imine (C=N–C) groups is 1. The highest BCUT2D eigenvalue weighted by Gasteiger charge is 2.23. The van der Waals surface area contributed by atoms with E-state index >= 15 is 0 Å². The summed E-state index contributed by atoms with van der Waals surface area (Å²) in [5, 5.41) is 0. The first-order chi connectivity index (χ1) is 11.1. The summed E-state index contributed by atoms with van der Waals surface area (Å²) in [6.07, 6.45) is 3.75. The van der Waals surface area contributed by atoms with Gasteiger partial charge in [0.1, 0.15) is 0 Å². The second kappa shape index (κ2) is 6.44. The maximum Gasteiger partial charge on any atom is 0.363 e. The molecule has 0 amide bonds. The van der Waals surface area contributed by atoms with Gasteiger partial charge >= 0.3 is 5.97 Å². The summed E-state index contributed by atoms with van der Waals surface area (Å²) >= 11 is 0. The van der Waals surface area contributed by atoms with Crippen LogP contribution in [0, 0.1) is 6.92 Å². The van der Waals surface area contributed by atoms with Crippen LogP contribution in [0.25, 0.3) is 6.08 Å². The van der Waals surface area contributed by atoms with Crippen molar-refractivity contribution >= 4 is 17.9 Å². The summed E-state index contributed by atoms with van der Waals surface area (Å²) in [5.41, 5.74) is 4.25. The number of benzene rings is 2. The summed E-state index contributed by atoms with van der Waals surface area (Å²) in [5.74, 6) is -0.0558. The first-order valence-corrected chi connectivity index (χ1v) is 7.45. The lowest BCUT2D eigenvalue weighted by atomic mass is 10.1. The lowest BCUT2D eigenvalue weighted by molar-refractivity contribution is -0.130. The van der Waals surface area contributed by atoms with Gasteiger partial charge < -0.3 is 4.74 Å². The fourth-order valence-corrected chi connectivity index (χ4v) is 2.38. The van der Waals surface area contributed by atoms with Crippen LogP contribution in [-0.4, -0.2) is 11.9 Å². The van der Waals surface area contributed by atoms with E-state index in [0.29, 0.717) is 11.6 Å². The molecular weight excluding hydrogens is 286 g/mol. The van der Waals surface area contributed by atoms with E-state index in [1.807, 2.05) is 74.5 Å². The molecule has 114 valence electrons. The normalized spacial score (nSPS) is 16.4. The zero-order valence-corrected chi connectivity index (χ0v) is 13.1. The predicted molar refractivity (Wildman–Crippen MR) is 92.0 cm³/mol. The number of carbonyl (C=O) groups is 1. The summed E-state index contributed by atoms with van der Waals surface area (Å²) in [6.45, 7) is 3.93. The smallest absolute Gasteiger partial charge is 0.363 e. The Morgan fingerprint density at radius 2 is 1.87 bits per heavy atom. The molecule has 0 fully saturated rings. The molecule has 0 aliphatic carbocycles. The molecule has 0 saturated carbocycles. The van der Waals surface area contributed by atoms with E-state index in [0.717, 1.165) is 22.3 Å². The second-order valence-electron chi connectivity index (χ2n) is 5.50.